The van der Waals surface area contributed by atoms with Gasteiger partial charge in [-0.1, -0.05) is 0 Å². The van der Waals surface area contributed by atoms with Crippen LogP contribution in [-0.2, 0) is 14.3 Å². The molecule has 3 aliphatic carbocycles. The molecule has 3 nitrogen and oxygen atoms in total. The number of esters is 1. The van der Waals surface area contributed by atoms with Crippen molar-refractivity contribution in [1.29, 1.82) is 0 Å². The van der Waals surface area contributed by atoms with E-state index in [0.717, 1.165) is 18.3 Å². The molecule has 15 heavy (non-hydrogen) atoms. The van der Waals surface area contributed by atoms with Crippen molar-refractivity contribution in [2.24, 2.45) is 23.7 Å². The van der Waals surface area contributed by atoms with Gasteiger partial charge in [0.2, 0.25) is 0 Å². The van der Waals surface area contributed by atoms with Crippen molar-refractivity contribution in [3.63, 3.8) is 0 Å². The summed E-state index contributed by atoms with van der Waals surface area (Å²) in [5.41, 5.74) is 0. The van der Waals surface area contributed by atoms with Gasteiger partial charge in [-0.2, -0.15) is 0 Å². The summed E-state index contributed by atoms with van der Waals surface area (Å²) in [6, 6.07) is 0. The van der Waals surface area contributed by atoms with Crippen LogP contribution in [-0.4, -0.2) is 24.3 Å². The molecule has 3 saturated carbocycles. The van der Waals surface area contributed by atoms with Gasteiger partial charge in [0.15, 0.2) is 0 Å². The zero-order valence-corrected chi connectivity index (χ0v) is 8.89. The van der Waals surface area contributed by atoms with Gasteiger partial charge in [0.25, 0.3) is 0 Å². The van der Waals surface area contributed by atoms with Gasteiger partial charge in [-0.05, 0) is 37.0 Å². The molecule has 4 fully saturated rings. The maximum absolute atomic E-state index is 11.0. The minimum atomic E-state index is -0.127. The van der Waals surface area contributed by atoms with Crippen molar-refractivity contribution in [3.05, 3.63) is 0 Å². The minimum Gasteiger partial charge on any atom is -0.462 e. The van der Waals surface area contributed by atoms with E-state index in [9.17, 15) is 4.79 Å². The Morgan fingerprint density at radius 2 is 2.13 bits per heavy atom. The lowest BCUT2D eigenvalue weighted by Crippen LogP contribution is -2.38. The lowest BCUT2D eigenvalue weighted by Gasteiger charge is -2.34. The molecule has 0 aromatic carbocycles. The molecule has 0 N–H and O–H groups in total. The first kappa shape index (κ1) is 8.57. The van der Waals surface area contributed by atoms with Crippen LogP contribution >= 0.6 is 0 Å². The van der Waals surface area contributed by atoms with E-state index in [4.69, 9.17) is 9.47 Å². The first-order valence-corrected chi connectivity index (χ1v) is 6.08. The molecule has 0 aromatic heterocycles. The van der Waals surface area contributed by atoms with Gasteiger partial charge in [-0.25, -0.2) is 0 Å². The Bertz CT molecular complexity index is 323. The first-order valence-electron chi connectivity index (χ1n) is 6.08. The molecule has 4 rings (SSSR count). The van der Waals surface area contributed by atoms with Gasteiger partial charge < -0.3 is 9.47 Å². The molecule has 0 aromatic rings. The second kappa shape index (κ2) is 2.57. The van der Waals surface area contributed by atoms with E-state index in [-0.39, 0.29) is 12.1 Å². The summed E-state index contributed by atoms with van der Waals surface area (Å²) in [6.07, 6.45) is 4.75. The fraction of sp³-hybridized carbons (Fsp3) is 0.917. The Hall–Kier alpha value is -0.570. The number of fused-ring (bicyclic) bond motifs is 1. The highest BCUT2D eigenvalue weighted by molar-refractivity contribution is 5.66. The third-order valence-electron chi connectivity index (χ3n) is 5.08. The molecule has 1 saturated heterocycles. The van der Waals surface area contributed by atoms with Crippen LogP contribution in [0.4, 0.5) is 0 Å². The smallest absolute Gasteiger partial charge is 0.302 e. The number of hydrogen-bond acceptors (Lipinski definition) is 3. The van der Waals surface area contributed by atoms with Crippen molar-refractivity contribution in [1.82, 2.24) is 0 Å². The highest BCUT2D eigenvalue weighted by Gasteiger charge is 2.69. The van der Waals surface area contributed by atoms with E-state index < -0.39 is 0 Å². The fourth-order valence-corrected chi connectivity index (χ4v) is 4.90. The molecular formula is C12H16O3. The summed E-state index contributed by atoms with van der Waals surface area (Å²) in [6.45, 7) is 1.52. The van der Waals surface area contributed by atoms with Gasteiger partial charge in [0.1, 0.15) is 6.10 Å². The Morgan fingerprint density at radius 1 is 1.27 bits per heavy atom. The molecule has 1 heterocycles. The zero-order chi connectivity index (χ0) is 10.2. The standard InChI is InChI=1S/C12H16O3/c1-5(13)14-9-4-7-10-6-2-3-8(10)15-12(7)11(6)9/h6-12H,2-4H2,1H3/t6-,7-,8+,9+,10+,11-,12?/m1/s1. The van der Waals surface area contributed by atoms with E-state index in [1.807, 2.05) is 0 Å². The fourth-order valence-electron chi connectivity index (χ4n) is 4.90. The van der Waals surface area contributed by atoms with Crippen LogP contribution in [0.15, 0.2) is 0 Å². The normalized spacial score (nSPS) is 58.9. The van der Waals surface area contributed by atoms with Gasteiger partial charge >= 0.3 is 5.97 Å². The topological polar surface area (TPSA) is 35.5 Å². The molecule has 4 bridgehead atoms. The Morgan fingerprint density at radius 3 is 2.87 bits per heavy atom. The maximum Gasteiger partial charge on any atom is 0.302 e. The van der Waals surface area contributed by atoms with E-state index in [0.29, 0.717) is 24.0 Å². The van der Waals surface area contributed by atoms with Crippen molar-refractivity contribution in [2.75, 3.05) is 0 Å². The second-order valence-corrected chi connectivity index (χ2v) is 5.58. The molecule has 1 aliphatic heterocycles. The molecular weight excluding hydrogens is 192 g/mol. The lowest BCUT2D eigenvalue weighted by molar-refractivity contribution is -0.154. The van der Waals surface area contributed by atoms with Crippen LogP contribution in [0.3, 0.4) is 0 Å². The highest BCUT2D eigenvalue weighted by Crippen LogP contribution is 2.66. The predicted molar refractivity (Wildman–Crippen MR) is 52.0 cm³/mol. The minimum absolute atomic E-state index is 0.127. The summed E-state index contributed by atoms with van der Waals surface area (Å²) < 4.78 is 11.5. The zero-order valence-electron chi connectivity index (χ0n) is 8.89. The van der Waals surface area contributed by atoms with Crippen molar-refractivity contribution in [3.8, 4) is 0 Å². The Labute approximate surface area is 89.1 Å². The SMILES string of the molecule is CC(=O)O[C@H]1C[C@H]2C3O[C@H]4CC[C@@H]([C@@H]31)[C@H]42. The number of ether oxygens (including phenoxy) is 2. The molecule has 1 unspecified atom stereocenters. The summed E-state index contributed by atoms with van der Waals surface area (Å²) >= 11 is 0. The molecule has 4 aliphatic rings. The third-order valence-corrected chi connectivity index (χ3v) is 5.08. The molecule has 82 valence electrons. The van der Waals surface area contributed by atoms with Gasteiger partial charge in [-0.15, -0.1) is 0 Å². The molecule has 0 radical (unpaired) electrons. The van der Waals surface area contributed by atoms with E-state index in [1.165, 1.54) is 19.8 Å². The van der Waals surface area contributed by atoms with Crippen LogP contribution in [0.2, 0.25) is 0 Å². The van der Waals surface area contributed by atoms with Gasteiger partial charge in [0, 0.05) is 12.8 Å². The van der Waals surface area contributed by atoms with E-state index >= 15 is 0 Å². The number of carbonyl (C=O) groups excluding carboxylic acids is 1. The predicted octanol–water partition coefficient (Wildman–Crippen LogP) is 1.36. The van der Waals surface area contributed by atoms with E-state index in [1.54, 1.807) is 0 Å². The quantitative estimate of drug-likeness (QED) is 0.610. The summed E-state index contributed by atoms with van der Waals surface area (Å²) in [7, 11) is 0. The highest BCUT2D eigenvalue weighted by atomic mass is 16.6. The first-order chi connectivity index (χ1) is 7.25. The van der Waals surface area contributed by atoms with Gasteiger partial charge in [-0.3, -0.25) is 4.79 Å². The number of carbonyl (C=O) groups is 1. The summed E-state index contributed by atoms with van der Waals surface area (Å²) in [5, 5.41) is 0. The van der Waals surface area contributed by atoms with Crippen molar-refractivity contribution >= 4 is 5.97 Å². The summed E-state index contributed by atoms with van der Waals surface area (Å²) in [5.74, 6) is 2.72. The maximum atomic E-state index is 11.0. The number of rotatable bonds is 1. The monoisotopic (exact) mass is 208 g/mol. The second-order valence-electron chi connectivity index (χ2n) is 5.58. The average Bonchev–Trinajstić information content (AvgIpc) is 2.80. The van der Waals surface area contributed by atoms with Crippen LogP contribution in [0, 0.1) is 23.7 Å². The van der Waals surface area contributed by atoms with Crippen molar-refractivity contribution < 1.29 is 14.3 Å². The van der Waals surface area contributed by atoms with Crippen LogP contribution in [0.1, 0.15) is 26.2 Å². The Kier molecular flexibility index (Phi) is 1.47. The van der Waals surface area contributed by atoms with Gasteiger partial charge in [0.05, 0.1) is 12.2 Å². The van der Waals surface area contributed by atoms with E-state index in [2.05, 4.69) is 0 Å². The average molecular weight is 208 g/mol. The third kappa shape index (κ3) is 0.889. The molecule has 0 amide bonds. The Balaban J connectivity index is 1.64. The number of hydrogen-bond donors (Lipinski definition) is 0. The van der Waals surface area contributed by atoms with Crippen LogP contribution in [0.5, 0.6) is 0 Å². The van der Waals surface area contributed by atoms with Crippen LogP contribution in [0.25, 0.3) is 0 Å². The van der Waals surface area contributed by atoms with Crippen LogP contribution < -0.4 is 0 Å². The largest absolute Gasteiger partial charge is 0.462 e. The molecule has 7 atom stereocenters. The molecule has 3 heteroatoms. The molecule has 0 spiro atoms. The lowest BCUT2D eigenvalue weighted by atomic mass is 9.79. The summed E-state index contributed by atoms with van der Waals surface area (Å²) in [4.78, 5) is 11.0. The van der Waals surface area contributed by atoms with Crippen molar-refractivity contribution in [2.45, 2.75) is 44.5 Å².